The molecule has 4 aromatic rings. The van der Waals surface area contributed by atoms with E-state index in [0.29, 0.717) is 0 Å². The zero-order chi connectivity index (χ0) is 19.6. The number of halogens is 3. The van der Waals surface area contributed by atoms with E-state index in [1.165, 1.54) is 20.7 Å². The lowest BCUT2D eigenvalue weighted by Crippen LogP contribution is -2.75. The topological polar surface area (TPSA) is 0 Å². The minimum atomic E-state index is -2.54. The third-order valence-electron chi connectivity index (χ3n) is 5.02. The number of rotatable bonds is 4. The van der Waals surface area contributed by atoms with E-state index in [1.807, 2.05) is 0 Å². The van der Waals surface area contributed by atoms with Gasteiger partial charge < -0.3 is 0 Å². The molecule has 0 fully saturated rings. The summed E-state index contributed by atoms with van der Waals surface area (Å²) in [6.45, 7) is 0. The first-order valence-electron chi connectivity index (χ1n) is 8.95. The van der Waals surface area contributed by atoms with Crippen LogP contribution in [0.2, 0.25) is 0 Å². The van der Waals surface area contributed by atoms with Crippen LogP contribution in [0, 0.1) is 0 Å². The first-order chi connectivity index (χ1) is 13.6. The molecule has 0 spiro atoms. The van der Waals surface area contributed by atoms with Crippen LogP contribution in [-0.2, 0) is 0 Å². The molecule has 4 rings (SSSR count). The highest BCUT2D eigenvalue weighted by atomic mass is 79.9. The molecule has 0 heterocycles. The molecule has 4 heteroatoms. The summed E-state index contributed by atoms with van der Waals surface area (Å²) in [5, 5.41) is 5.37. The van der Waals surface area contributed by atoms with Gasteiger partial charge >= 0.3 is 0 Å². The van der Waals surface area contributed by atoms with Gasteiger partial charge in [0, 0.05) is 13.4 Å². The zero-order valence-electron chi connectivity index (χ0n) is 14.9. The van der Waals surface area contributed by atoms with Crippen molar-refractivity contribution in [2.45, 2.75) is 0 Å². The van der Waals surface area contributed by atoms with Gasteiger partial charge in [-0.15, -0.1) is 0 Å². The van der Waals surface area contributed by atoms with E-state index in [9.17, 15) is 0 Å². The summed E-state index contributed by atoms with van der Waals surface area (Å²) >= 11 is 11.5. The quantitative estimate of drug-likeness (QED) is 0.228. The summed E-state index contributed by atoms with van der Waals surface area (Å²) in [5.41, 5.74) is 0. The van der Waals surface area contributed by atoms with Crippen LogP contribution in [0.15, 0.2) is 117 Å². The molecule has 28 heavy (non-hydrogen) atoms. The molecule has 0 unspecified atom stereocenters. The first-order valence-corrected chi connectivity index (χ1v) is 13.3. The van der Waals surface area contributed by atoms with Crippen molar-refractivity contribution in [3.05, 3.63) is 117 Å². The molecule has 0 aliphatic rings. The van der Waals surface area contributed by atoms with Crippen molar-refractivity contribution in [1.82, 2.24) is 0 Å². The highest BCUT2D eigenvalue weighted by molar-refractivity contribution is 9.11. The third-order valence-corrected chi connectivity index (χ3v) is 12.5. The Balaban J connectivity index is 2.22. The smallest absolute Gasteiger partial charge is 0.0623 e. The molecule has 0 aliphatic heterocycles. The summed E-state index contributed by atoms with van der Waals surface area (Å²) in [6, 6.07) is 37.0. The fraction of sp³-hybridized carbons (Fsp3) is 0. The maximum Gasteiger partial charge on any atom is 0.181 e. The summed E-state index contributed by atoms with van der Waals surface area (Å²) < 4.78 is 3.37. The molecule has 0 N–H and O–H groups in total. The van der Waals surface area contributed by atoms with Crippen molar-refractivity contribution in [2.75, 3.05) is 0 Å². The fourth-order valence-electron chi connectivity index (χ4n) is 3.87. The van der Waals surface area contributed by atoms with Crippen molar-refractivity contribution in [3.63, 3.8) is 0 Å². The Bertz CT molecular complexity index is 1060. The predicted molar refractivity (Wildman–Crippen MR) is 133 cm³/mol. The van der Waals surface area contributed by atoms with Crippen LogP contribution >= 0.6 is 47.8 Å². The minimum Gasteiger partial charge on any atom is -0.0623 e. The van der Waals surface area contributed by atoms with Crippen molar-refractivity contribution in [1.29, 1.82) is 0 Å². The molecular formula is C24H17Br3Si. The van der Waals surface area contributed by atoms with Crippen LogP contribution in [-0.4, -0.2) is 8.07 Å². The van der Waals surface area contributed by atoms with Gasteiger partial charge in [-0.2, -0.15) is 0 Å². The van der Waals surface area contributed by atoms with Gasteiger partial charge in [0.05, 0.1) is 0 Å². The Morgan fingerprint density at radius 2 is 0.964 bits per heavy atom. The standard InChI is InChI=1S/C24H17Br3Si/c25-18-9-8-12-20(17-18)28(19-10-2-1-3-11-19,23-15-6-4-13-21(23)26)24-16-7-5-14-22(24)27/h1-17H. The molecule has 0 aromatic heterocycles. The van der Waals surface area contributed by atoms with Gasteiger partial charge in [0.25, 0.3) is 0 Å². The van der Waals surface area contributed by atoms with Crippen LogP contribution in [0.25, 0.3) is 0 Å². The van der Waals surface area contributed by atoms with Crippen molar-refractivity contribution >= 4 is 76.6 Å². The molecule has 0 nitrogen and oxygen atoms in total. The second-order valence-electron chi connectivity index (χ2n) is 6.59. The van der Waals surface area contributed by atoms with Crippen molar-refractivity contribution < 1.29 is 0 Å². The van der Waals surface area contributed by atoms with Gasteiger partial charge in [0.15, 0.2) is 8.07 Å². The Hall–Kier alpha value is -1.46. The lowest BCUT2D eigenvalue weighted by molar-refractivity contribution is 1.62. The molecule has 4 aromatic carbocycles. The lowest BCUT2D eigenvalue weighted by Gasteiger charge is -2.36. The molecule has 0 aliphatic carbocycles. The summed E-state index contributed by atoms with van der Waals surface area (Å²) in [7, 11) is -2.54. The molecule has 0 amide bonds. The van der Waals surface area contributed by atoms with E-state index < -0.39 is 8.07 Å². The highest BCUT2D eigenvalue weighted by Crippen LogP contribution is 2.20. The Morgan fingerprint density at radius 1 is 0.464 bits per heavy atom. The number of hydrogen-bond donors (Lipinski definition) is 0. The van der Waals surface area contributed by atoms with Gasteiger partial charge in [-0.25, -0.2) is 0 Å². The van der Waals surface area contributed by atoms with Crippen LogP contribution in [0.4, 0.5) is 0 Å². The average molecular weight is 573 g/mol. The number of hydrogen-bond acceptors (Lipinski definition) is 0. The second-order valence-corrected chi connectivity index (χ2v) is 12.9. The van der Waals surface area contributed by atoms with E-state index in [1.54, 1.807) is 0 Å². The van der Waals surface area contributed by atoms with E-state index in [0.717, 1.165) is 13.4 Å². The molecule has 0 atom stereocenters. The lowest BCUT2D eigenvalue weighted by atomic mass is 10.3. The third kappa shape index (κ3) is 3.48. The molecule has 0 saturated heterocycles. The average Bonchev–Trinajstić information content (AvgIpc) is 2.72. The molecule has 0 saturated carbocycles. The van der Waals surface area contributed by atoms with Crippen LogP contribution in [0.5, 0.6) is 0 Å². The van der Waals surface area contributed by atoms with Gasteiger partial charge in [0.1, 0.15) is 0 Å². The van der Waals surface area contributed by atoms with Gasteiger partial charge in [-0.1, -0.05) is 127 Å². The maximum atomic E-state index is 3.87. The summed E-state index contributed by atoms with van der Waals surface area (Å²) in [6.07, 6.45) is 0. The Labute approximate surface area is 192 Å². The Kier molecular flexibility index (Phi) is 6.02. The van der Waals surface area contributed by atoms with Crippen LogP contribution < -0.4 is 20.7 Å². The molecule has 0 radical (unpaired) electrons. The van der Waals surface area contributed by atoms with Crippen LogP contribution in [0.1, 0.15) is 0 Å². The summed E-state index contributed by atoms with van der Waals surface area (Å²) in [5.74, 6) is 0. The monoisotopic (exact) mass is 570 g/mol. The van der Waals surface area contributed by atoms with Crippen molar-refractivity contribution in [3.8, 4) is 0 Å². The normalized spacial score (nSPS) is 11.4. The fourth-order valence-corrected chi connectivity index (χ4v) is 11.7. The number of benzene rings is 4. The van der Waals surface area contributed by atoms with Crippen molar-refractivity contribution in [2.24, 2.45) is 0 Å². The molecule has 0 bridgehead atoms. The summed E-state index contributed by atoms with van der Waals surface area (Å²) in [4.78, 5) is 0. The largest absolute Gasteiger partial charge is 0.181 e. The molecule has 138 valence electrons. The second kappa shape index (κ2) is 8.50. The van der Waals surface area contributed by atoms with E-state index in [2.05, 4.69) is 151 Å². The van der Waals surface area contributed by atoms with Gasteiger partial charge in [0.2, 0.25) is 0 Å². The molecular weight excluding hydrogens is 556 g/mol. The van der Waals surface area contributed by atoms with E-state index >= 15 is 0 Å². The maximum absolute atomic E-state index is 3.87. The predicted octanol–water partition coefficient (Wildman–Crippen LogP) is 5.35. The van der Waals surface area contributed by atoms with Crippen LogP contribution in [0.3, 0.4) is 0 Å². The highest BCUT2D eigenvalue weighted by Gasteiger charge is 2.43. The minimum absolute atomic E-state index is 1.09. The SMILES string of the molecule is Brc1cccc([Si](c2ccccc2)(c2ccccc2Br)c2ccccc2Br)c1. The van der Waals surface area contributed by atoms with E-state index in [4.69, 9.17) is 0 Å². The van der Waals surface area contributed by atoms with Gasteiger partial charge in [-0.3, -0.25) is 0 Å². The Morgan fingerprint density at radius 3 is 1.50 bits per heavy atom. The first kappa shape index (κ1) is 19.8. The van der Waals surface area contributed by atoms with E-state index in [-0.39, 0.29) is 0 Å². The van der Waals surface area contributed by atoms with Gasteiger partial charge in [-0.05, 0) is 45.0 Å². The zero-order valence-corrected chi connectivity index (χ0v) is 20.7.